The summed E-state index contributed by atoms with van der Waals surface area (Å²) in [5, 5.41) is 18.2. The van der Waals surface area contributed by atoms with Crippen molar-refractivity contribution in [2.24, 2.45) is 0 Å². The molecular weight excluding hydrogens is 310 g/mol. The van der Waals surface area contributed by atoms with Crippen LogP contribution in [0.3, 0.4) is 0 Å². The van der Waals surface area contributed by atoms with Crippen LogP contribution >= 0.6 is 0 Å². The normalized spacial score (nSPS) is 15.9. The van der Waals surface area contributed by atoms with Crippen LogP contribution in [0.15, 0.2) is 36.7 Å². The molecule has 0 bridgehead atoms. The van der Waals surface area contributed by atoms with E-state index in [9.17, 15) is 9.90 Å². The van der Waals surface area contributed by atoms with Crippen LogP contribution in [0, 0.1) is 0 Å². The monoisotopic (exact) mass is 325 g/mol. The van der Waals surface area contributed by atoms with E-state index in [1.165, 1.54) is 6.92 Å². The highest BCUT2D eigenvalue weighted by molar-refractivity contribution is 5.90. The highest BCUT2D eigenvalue weighted by Crippen LogP contribution is 2.28. The molecule has 122 valence electrons. The fourth-order valence-electron chi connectivity index (χ4n) is 2.60. The van der Waals surface area contributed by atoms with Gasteiger partial charge in [-0.3, -0.25) is 4.79 Å². The predicted molar refractivity (Wildman–Crippen MR) is 85.7 cm³/mol. The summed E-state index contributed by atoms with van der Waals surface area (Å²) in [5.74, 6) is 0.821. The summed E-state index contributed by atoms with van der Waals surface area (Å²) < 4.78 is 6.73. The van der Waals surface area contributed by atoms with E-state index in [0.29, 0.717) is 17.3 Å². The lowest BCUT2D eigenvalue weighted by atomic mass is 9.97. The van der Waals surface area contributed by atoms with Gasteiger partial charge in [0.05, 0.1) is 30.6 Å². The predicted octanol–water partition coefficient (Wildman–Crippen LogP) is 0.992. The number of fused-ring (bicyclic) bond motifs is 1. The summed E-state index contributed by atoms with van der Waals surface area (Å²) in [7, 11) is 0. The van der Waals surface area contributed by atoms with Gasteiger partial charge in [-0.15, -0.1) is 0 Å². The number of hydrogen-bond donors (Lipinski definition) is 2. The minimum atomic E-state index is -1.04. The second-order valence-electron chi connectivity index (χ2n) is 5.77. The fourth-order valence-corrected chi connectivity index (χ4v) is 2.60. The first-order valence-electron chi connectivity index (χ1n) is 7.45. The van der Waals surface area contributed by atoms with Gasteiger partial charge in [0.25, 0.3) is 0 Å². The Labute approximate surface area is 137 Å². The molecule has 4 heterocycles. The molecule has 0 unspecified atom stereocenters. The summed E-state index contributed by atoms with van der Waals surface area (Å²) in [4.78, 5) is 19.9. The van der Waals surface area contributed by atoms with E-state index in [0.717, 1.165) is 10.9 Å². The van der Waals surface area contributed by atoms with Gasteiger partial charge in [0, 0.05) is 24.6 Å². The molecule has 1 amide bonds. The van der Waals surface area contributed by atoms with Gasteiger partial charge in [0.1, 0.15) is 5.82 Å². The standard InChI is InChI=1S/C16H15N5O3/c1-10(22)19-14-5-12-11(6-17-14)7-18-21(12)15-4-2-3-13(20-15)16(23)8-24-9-16/h2-7,23H,8-9H2,1H3,(H,17,19,22). The molecule has 24 heavy (non-hydrogen) atoms. The molecular formula is C16H15N5O3. The highest BCUT2D eigenvalue weighted by atomic mass is 16.5. The molecule has 4 rings (SSSR count). The number of carbonyl (C=O) groups excluding carboxylic acids is 1. The van der Waals surface area contributed by atoms with Crippen molar-refractivity contribution in [3.8, 4) is 5.82 Å². The van der Waals surface area contributed by atoms with Crippen LogP contribution < -0.4 is 5.32 Å². The van der Waals surface area contributed by atoms with Crippen LogP contribution in [-0.2, 0) is 15.1 Å². The number of nitrogens with zero attached hydrogens (tertiary/aromatic N) is 4. The van der Waals surface area contributed by atoms with Gasteiger partial charge in [-0.05, 0) is 12.1 Å². The summed E-state index contributed by atoms with van der Waals surface area (Å²) in [6.45, 7) is 1.90. The second kappa shape index (κ2) is 5.36. The number of anilines is 1. The SMILES string of the molecule is CC(=O)Nc1cc2c(cn1)cnn2-c1cccc(C2(O)COC2)n1. The number of carbonyl (C=O) groups is 1. The maximum absolute atomic E-state index is 11.2. The number of nitrogens with one attached hydrogen (secondary N) is 1. The van der Waals surface area contributed by atoms with E-state index in [1.807, 2.05) is 6.07 Å². The highest BCUT2D eigenvalue weighted by Gasteiger charge is 2.39. The van der Waals surface area contributed by atoms with Crippen LogP contribution in [0.1, 0.15) is 12.6 Å². The smallest absolute Gasteiger partial charge is 0.222 e. The number of rotatable bonds is 3. The van der Waals surface area contributed by atoms with Gasteiger partial charge in [0.2, 0.25) is 5.91 Å². The third kappa shape index (κ3) is 2.41. The van der Waals surface area contributed by atoms with Crippen molar-refractivity contribution in [2.75, 3.05) is 18.5 Å². The third-order valence-corrected chi connectivity index (χ3v) is 3.87. The van der Waals surface area contributed by atoms with Crippen molar-refractivity contribution < 1.29 is 14.6 Å². The molecule has 0 radical (unpaired) electrons. The molecule has 1 fully saturated rings. The van der Waals surface area contributed by atoms with Crippen molar-refractivity contribution >= 4 is 22.6 Å². The lowest BCUT2D eigenvalue weighted by Crippen LogP contribution is -2.47. The van der Waals surface area contributed by atoms with E-state index < -0.39 is 5.60 Å². The Hall–Kier alpha value is -2.84. The van der Waals surface area contributed by atoms with Gasteiger partial charge < -0.3 is 15.2 Å². The Morgan fingerprint density at radius 3 is 2.92 bits per heavy atom. The van der Waals surface area contributed by atoms with Crippen LogP contribution in [-0.4, -0.2) is 44.0 Å². The van der Waals surface area contributed by atoms with Crippen LogP contribution in [0.4, 0.5) is 5.82 Å². The molecule has 0 spiro atoms. The van der Waals surface area contributed by atoms with Crippen molar-refractivity contribution in [1.29, 1.82) is 0 Å². The van der Waals surface area contributed by atoms with Crippen molar-refractivity contribution in [3.63, 3.8) is 0 Å². The zero-order valence-electron chi connectivity index (χ0n) is 12.9. The minimum Gasteiger partial charge on any atom is -0.379 e. The number of hydrogen-bond acceptors (Lipinski definition) is 6. The molecule has 0 aromatic carbocycles. The zero-order valence-corrected chi connectivity index (χ0v) is 12.9. The summed E-state index contributed by atoms with van der Waals surface area (Å²) in [6.07, 6.45) is 3.32. The van der Waals surface area contributed by atoms with Gasteiger partial charge in [-0.2, -0.15) is 5.10 Å². The Morgan fingerprint density at radius 2 is 2.21 bits per heavy atom. The number of ether oxygens (including phenoxy) is 1. The Morgan fingerprint density at radius 1 is 1.38 bits per heavy atom. The number of amides is 1. The topological polar surface area (TPSA) is 102 Å². The maximum Gasteiger partial charge on any atom is 0.222 e. The van der Waals surface area contributed by atoms with Gasteiger partial charge in [-0.1, -0.05) is 6.07 Å². The van der Waals surface area contributed by atoms with E-state index in [4.69, 9.17) is 4.74 Å². The van der Waals surface area contributed by atoms with E-state index >= 15 is 0 Å². The first kappa shape index (κ1) is 14.7. The van der Waals surface area contributed by atoms with Crippen LogP contribution in [0.5, 0.6) is 0 Å². The summed E-state index contributed by atoms with van der Waals surface area (Å²) >= 11 is 0. The molecule has 2 N–H and O–H groups in total. The summed E-state index contributed by atoms with van der Waals surface area (Å²) in [5.41, 5.74) is 0.267. The first-order chi connectivity index (χ1) is 11.5. The Kier molecular flexibility index (Phi) is 3.29. The maximum atomic E-state index is 11.2. The number of aromatic nitrogens is 4. The lowest BCUT2D eigenvalue weighted by molar-refractivity contribution is -0.186. The van der Waals surface area contributed by atoms with Gasteiger partial charge >= 0.3 is 0 Å². The van der Waals surface area contributed by atoms with Gasteiger partial charge in [-0.25, -0.2) is 14.6 Å². The minimum absolute atomic E-state index is 0.194. The number of aliphatic hydroxyl groups is 1. The molecule has 3 aromatic rings. The molecule has 8 heteroatoms. The van der Waals surface area contributed by atoms with Crippen LogP contribution in [0.2, 0.25) is 0 Å². The van der Waals surface area contributed by atoms with E-state index in [1.54, 1.807) is 35.3 Å². The first-order valence-corrected chi connectivity index (χ1v) is 7.45. The second-order valence-corrected chi connectivity index (χ2v) is 5.77. The lowest BCUT2D eigenvalue weighted by Gasteiger charge is -2.35. The molecule has 1 saturated heterocycles. The molecule has 0 aliphatic carbocycles. The third-order valence-electron chi connectivity index (χ3n) is 3.87. The summed E-state index contributed by atoms with van der Waals surface area (Å²) in [6, 6.07) is 7.12. The molecule has 0 atom stereocenters. The quantitative estimate of drug-likeness (QED) is 0.744. The molecule has 1 aliphatic heterocycles. The van der Waals surface area contributed by atoms with E-state index in [2.05, 4.69) is 20.4 Å². The van der Waals surface area contributed by atoms with E-state index in [-0.39, 0.29) is 19.1 Å². The average molecular weight is 325 g/mol. The van der Waals surface area contributed by atoms with Crippen molar-refractivity contribution in [2.45, 2.75) is 12.5 Å². The van der Waals surface area contributed by atoms with Crippen molar-refractivity contribution in [1.82, 2.24) is 19.7 Å². The largest absolute Gasteiger partial charge is 0.379 e. The number of pyridine rings is 2. The fraction of sp³-hybridized carbons (Fsp3) is 0.250. The van der Waals surface area contributed by atoms with Crippen molar-refractivity contribution in [3.05, 3.63) is 42.4 Å². The Bertz CT molecular complexity index is 932. The Balaban J connectivity index is 1.78. The molecule has 8 nitrogen and oxygen atoms in total. The molecule has 3 aromatic heterocycles. The van der Waals surface area contributed by atoms with Crippen LogP contribution in [0.25, 0.3) is 16.7 Å². The molecule has 0 saturated carbocycles. The van der Waals surface area contributed by atoms with Gasteiger partial charge in [0.15, 0.2) is 11.4 Å². The average Bonchev–Trinajstić information content (AvgIpc) is 2.95. The molecule has 1 aliphatic rings. The zero-order chi connectivity index (χ0) is 16.7.